The largest absolute Gasteiger partial charge is 0.432 e. The Morgan fingerprint density at radius 3 is 2.30 bits per heavy atom. The number of thiocarbonyl (C=S) groups is 1. The monoisotopic (exact) mass is 423 g/mol. The number of likely N-dealkylation sites (tertiary alicyclic amines) is 2. The minimum atomic E-state index is 0.366. The first-order valence-corrected chi connectivity index (χ1v) is 11.8. The number of anilines is 1. The zero-order valence-electron chi connectivity index (χ0n) is 17.8. The summed E-state index contributed by atoms with van der Waals surface area (Å²) in [6, 6.07) is 19.0. The number of benzene rings is 2. The van der Waals surface area contributed by atoms with Crippen LogP contribution in [0.3, 0.4) is 0 Å². The van der Waals surface area contributed by atoms with Gasteiger partial charge in [0.25, 0.3) is 5.17 Å². The second-order valence-electron chi connectivity index (χ2n) is 8.44. The third kappa shape index (κ3) is 6.27. The summed E-state index contributed by atoms with van der Waals surface area (Å²) in [5.41, 5.74) is 2.28. The highest BCUT2D eigenvalue weighted by Gasteiger charge is 2.25. The molecule has 30 heavy (non-hydrogen) atoms. The molecule has 0 radical (unpaired) electrons. The molecule has 2 aromatic rings. The molecule has 0 aliphatic carbocycles. The maximum absolute atomic E-state index is 5.74. The van der Waals surface area contributed by atoms with Gasteiger partial charge in [-0.25, -0.2) is 0 Å². The molecule has 2 aliphatic heterocycles. The normalized spacial score (nSPS) is 18.8. The van der Waals surface area contributed by atoms with Crippen molar-refractivity contribution in [3.05, 3.63) is 60.2 Å². The Morgan fingerprint density at radius 2 is 1.60 bits per heavy atom. The van der Waals surface area contributed by atoms with Gasteiger partial charge in [0, 0.05) is 18.3 Å². The first kappa shape index (κ1) is 21.3. The van der Waals surface area contributed by atoms with E-state index in [-0.39, 0.29) is 0 Å². The van der Waals surface area contributed by atoms with E-state index in [1.165, 1.54) is 63.8 Å². The molecule has 160 valence electrons. The first-order valence-electron chi connectivity index (χ1n) is 11.4. The summed E-state index contributed by atoms with van der Waals surface area (Å²) in [5.74, 6) is 0.773. The Bertz CT molecular complexity index is 782. The summed E-state index contributed by atoms with van der Waals surface area (Å²) in [6.45, 7) is 6.26. The van der Waals surface area contributed by atoms with Gasteiger partial charge >= 0.3 is 0 Å². The molecule has 0 unspecified atom stereocenters. The highest BCUT2D eigenvalue weighted by atomic mass is 32.1. The van der Waals surface area contributed by atoms with Crippen LogP contribution in [0.25, 0.3) is 0 Å². The van der Waals surface area contributed by atoms with E-state index in [0.29, 0.717) is 5.17 Å². The van der Waals surface area contributed by atoms with E-state index in [1.807, 2.05) is 42.5 Å². The zero-order valence-corrected chi connectivity index (χ0v) is 18.6. The lowest BCUT2D eigenvalue weighted by molar-refractivity contribution is 0.0931. The van der Waals surface area contributed by atoms with Gasteiger partial charge in [-0.05, 0) is 100 Å². The van der Waals surface area contributed by atoms with Crippen LogP contribution >= 0.6 is 12.2 Å². The Kier molecular flexibility index (Phi) is 7.73. The smallest absolute Gasteiger partial charge is 0.266 e. The van der Waals surface area contributed by atoms with Gasteiger partial charge in [0.15, 0.2) is 0 Å². The number of piperidine rings is 2. The molecule has 4 rings (SSSR count). The van der Waals surface area contributed by atoms with Crippen molar-refractivity contribution in [2.24, 2.45) is 0 Å². The van der Waals surface area contributed by atoms with Crippen LogP contribution in [-0.2, 0) is 6.42 Å². The van der Waals surface area contributed by atoms with Gasteiger partial charge in [0.05, 0.1) is 0 Å². The summed E-state index contributed by atoms with van der Waals surface area (Å²) in [7, 11) is 0. The third-order valence-corrected chi connectivity index (χ3v) is 6.52. The lowest BCUT2D eigenvalue weighted by atomic mass is 9.99. The van der Waals surface area contributed by atoms with Crippen LogP contribution in [0.2, 0.25) is 0 Å². The molecule has 0 saturated carbocycles. The van der Waals surface area contributed by atoms with Crippen molar-refractivity contribution in [2.75, 3.05) is 38.0 Å². The van der Waals surface area contributed by atoms with Crippen molar-refractivity contribution in [1.29, 1.82) is 0 Å². The average molecular weight is 424 g/mol. The van der Waals surface area contributed by atoms with E-state index in [0.717, 1.165) is 30.4 Å². The summed E-state index contributed by atoms with van der Waals surface area (Å²) >= 11 is 5.30. The Hall–Kier alpha value is -1.95. The highest BCUT2D eigenvalue weighted by Crippen LogP contribution is 2.21. The van der Waals surface area contributed by atoms with Crippen LogP contribution in [0.1, 0.15) is 37.7 Å². The molecule has 2 fully saturated rings. The minimum Gasteiger partial charge on any atom is -0.432 e. The molecule has 0 bridgehead atoms. The van der Waals surface area contributed by atoms with E-state index in [2.05, 4.69) is 27.2 Å². The van der Waals surface area contributed by atoms with E-state index in [4.69, 9.17) is 17.0 Å². The SMILES string of the molecule is S=C(Nc1ccccc1)Oc1ccc(CCN2CCC(N3CCCCC3)CC2)cc1. The zero-order chi connectivity index (χ0) is 20.6. The maximum atomic E-state index is 5.74. The maximum Gasteiger partial charge on any atom is 0.266 e. The number of rotatable bonds is 6. The summed E-state index contributed by atoms with van der Waals surface area (Å²) in [4.78, 5) is 5.38. The van der Waals surface area contributed by atoms with E-state index in [9.17, 15) is 0 Å². The molecule has 1 N–H and O–H groups in total. The van der Waals surface area contributed by atoms with Gasteiger partial charge in [0.2, 0.25) is 0 Å². The van der Waals surface area contributed by atoms with Crippen LogP contribution in [0.4, 0.5) is 5.69 Å². The average Bonchev–Trinajstić information content (AvgIpc) is 2.80. The Labute approximate surface area is 186 Å². The molecule has 5 heteroatoms. The van der Waals surface area contributed by atoms with Crippen molar-refractivity contribution in [3.63, 3.8) is 0 Å². The van der Waals surface area contributed by atoms with Crippen LogP contribution in [0, 0.1) is 0 Å². The van der Waals surface area contributed by atoms with Crippen LogP contribution in [-0.4, -0.2) is 53.7 Å². The second-order valence-corrected chi connectivity index (χ2v) is 8.81. The van der Waals surface area contributed by atoms with E-state index >= 15 is 0 Å². The summed E-state index contributed by atoms with van der Waals surface area (Å²) in [6.07, 6.45) is 7.97. The van der Waals surface area contributed by atoms with Crippen molar-refractivity contribution in [2.45, 2.75) is 44.6 Å². The molecule has 0 aromatic heterocycles. The predicted octanol–water partition coefficient (Wildman–Crippen LogP) is 4.96. The molecule has 2 aliphatic rings. The molecule has 2 heterocycles. The fourth-order valence-electron chi connectivity index (χ4n) is 4.57. The number of hydrogen-bond donors (Lipinski definition) is 1. The van der Waals surface area contributed by atoms with Crippen LogP contribution in [0.5, 0.6) is 5.75 Å². The molecular weight excluding hydrogens is 390 g/mol. The van der Waals surface area contributed by atoms with Crippen molar-refractivity contribution in [1.82, 2.24) is 9.80 Å². The van der Waals surface area contributed by atoms with E-state index in [1.54, 1.807) is 0 Å². The predicted molar refractivity (Wildman–Crippen MR) is 128 cm³/mol. The molecular formula is C25H33N3OS. The van der Waals surface area contributed by atoms with Crippen molar-refractivity contribution < 1.29 is 4.74 Å². The Balaban J connectivity index is 1.17. The topological polar surface area (TPSA) is 27.7 Å². The number of hydrogen-bond acceptors (Lipinski definition) is 4. The lowest BCUT2D eigenvalue weighted by Gasteiger charge is -2.40. The fraction of sp³-hybridized carbons (Fsp3) is 0.480. The minimum absolute atomic E-state index is 0.366. The van der Waals surface area contributed by atoms with Crippen LogP contribution < -0.4 is 10.1 Å². The van der Waals surface area contributed by atoms with Crippen molar-refractivity contribution >= 4 is 23.1 Å². The van der Waals surface area contributed by atoms with Crippen LogP contribution in [0.15, 0.2) is 54.6 Å². The van der Waals surface area contributed by atoms with Gasteiger partial charge < -0.3 is 19.9 Å². The first-order chi connectivity index (χ1) is 14.8. The lowest BCUT2D eigenvalue weighted by Crippen LogP contribution is -2.47. The molecule has 0 spiro atoms. The standard InChI is InChI=1S/C25H33N3OS/c30-25(26-22-7-3-1-4-8-22)29-24-11-9-21(10-12-24)13-18-27-19-14-23(15-20-27)28-16-5-2-6-17-28/h1,3-4,7-12,23H,2,5-6,13-20H2,(H,26,30). The number of ether oxygens (including phenoxy) is 1. The summed E-state index contributed by atoms with van der Waals surface area (Å²) in [5, 5.41) is 3.47. The number of nitrogens with one attached hydrogen (secondary N) is 1. The quantitative estimate of drug-likeness (QED) is 0.663. The summed E-state index contributed by atoms with van der Waals surface area (Å²) < 4.78 is 5.74. The molecule has 0 amide bonds. The highest BCUT2D eigenvalue weighted by molar-refractivity contribution is 7.80. The third-order valence-electron chi connectivity index (χ3n) is 6.33. The Morgan fingerprint density at radius 1 is 0.900 bits per heavy atom. The van der Waals surface area contributed by atoms with Gasteiger partial charge in [0.1, 0.15) is 5.75 Å². The van der Waals surface area contributed by atoms with Gasteiger partial charge in [-0.1, -0.05) is 36.8 Å². The van der Waals surface area contributed by atoms with Gasteiger partial charge in [-0.2, -0.15) is 0 Å². The van der Waals surface area contributed by atoms with Gasteiger partial charge in [-0.15, -0.1) is 0 Å². The van der Waals surface area contributed by atoms with E-state index < -0.39 is 0 Å². The molecule has 0 atom stereocenters. The van der Waals surface area contributed by atoms with Crippen molar-refractivity contribution in [3.8, 4) is 5.75 Å². The molecule has 2 aromatic carbocycles. The van der Waals surface area contributed by atoms with Gasteiger partial charge in [-0.3, -0.25) is 0 Å². The number of nitrogens with zero attached hydrogens (tertiary/aromatic N) is 2. The molecule has 4 nitrogen and oxygen atoms in total. The number of para-hydroxylation sites is 1. The second kappa shape index (κ2) is 10.9. The fourth-order valence-corrected chi connectivity index (χ4v) is 4.79. The molecule has 2 saturated heterocycles.